The van der Waals surface area contributed by atoms with Crippen molar-refractivity contribution < 1.29 is 4.79 Å². The molecule has 2 rings (SSSR count). The zero-order chi connectivity index (χ0) is 17.0. The molecule has 0 aliphatic heterocycles. The van der Waals surface area contributed by atoms with Crippen molar-refractivity contribution in [2.75, 3.05) is 0 Å². The second-order valence-electron chi connectivity index (χ2n) is 7.17. The van der Waals surface area contributed by atoms with Crippen LogP contribution in [-0.2, 0) is 16.8 Å². The first-order chi connectivity index (χ1) is 10.8. The summed E-state index contributed by atoms with van der Waals surface area (Å²) in [6, 6.07) is 8.44. The molecule has 1 aromatic heterocycles. The normalized spacial score (nSPS) is 13.1. The van der Waals surface area contributed by atoms with Gasteiger partial charge in [-0.15, -0.1) is 5.10 Å². The van der Waals surface area contributed by atoms with Gasteiger partial charge in [0.05, 0.1) is 6.04 Å². The van der Waals surface area contributed by atoms with Gasteiger partial charge >= 0.3 is 0 Å². The number of carbonyl (C=O) groups is 1. The molecule has 0 aliphatic carbocycles. The first-order valence-corrected chi connectivity index (χ1v) is 7.88. The molecule has 6 heteroatoms. The highest BCUT2D eigenvalue weighted by Crippen LogP contribution is 2.26. The van der Waals surface area contributed by atoms with Crippen molar-refractivity contribution in [2.24, 2.45) is 5.92 Å². The largest absolute Gasteiger partial charge is 0.347 e. The van der Waals surface area contributed by atoms with E-state index in [1.807, 2.05) is 0 Å². The van der Waals surface area contributed by atoms with Crippen LogP contribution in [0, 0.1) is 5.92 Å². The monoisotopic (exact) mass is 315 g/mol. The first kappa shape index (κ1) is 17.1. The lowest BCUT2D eigenvalue weighted by atomic mass is 9.85. The molecule has 124 valence electrons. The van der Waals surface area contributed by atoms with E-state index in [-0.39, 0.29) is 29.8 Å². The Labute approximate surface area is 137 Å². The number of benzene rings is 1. The van der Waals surface area contributed by atoms with E-state index < -0.39 is 0 Å². The number of carbonyl (C=O) groups excluding carboxylic acids is 1. The Kier molecular flexibility index (Phi) is 5.13. The summed E-state index contributed by atoms with van der Waals surface area (Å²) in [7, 11) is 0. The highest BCUT2D eigenvalue weighted by Gasteiger charge is 2.20. The molecule has 0 aliphatic rings. The fourth-order valence-electron chi connectivity index (χ4n) is 2.44. The molecule has 0 saturated carbocycles. The van der Waals surface area contributed by atoms with Gasteiger partial charge in [0.15, 0.2) is 0 Å². The van der Waals surface area contributed by atoms with Crippen molar-refractivity contribution in [3.05, 3.63) is 41.7 Å². The van der Waals surface area contributed by atoms with Gasteiger partial charge in [0.1, 0.15) is 12.9 Å². The van der Waals surface area contributed by atoms with Crippen molar-refractivity contribution in [3.8, 4) is 0 Å². The van der Waals surface area contributed by atoms with Crippen LogP contribution in [0.5, 0.6) is 0 Å². The van der Waals surface area contributed by atoms with Crippen molar-refractivity contribution in [1.82, 2.24) is 25.5 Å². The predicted octanol–water partition coefficient (Wildman–Crippen LogP) is 2.48. The smallest absolute Gasteiger partial charge is 0.242 e. The molecule has 1 N–H and O–H groups in total. The molecule has 0 radical (unpaired) electrons. The minimum absolute atomic E-state index is 0.0343. The molecule has 0 bridgehead atoms. The highest BCUT2D eigenvalue weighted by atomic mass is 16.2. The lowest BCUT2D eigenvalue weighted by Gasteiger charge is -2.25. The van der Waals surface area contributed by atoms with E-state index in [1.54, 1.807) is 0 Å². The van der Waals surface area contributed by atoms with Crippen LogP contribution in [0.15, 0.2) is 30.6 Å². The number of hydrogen-bond donors (Lipinski definition) is 1. The van der Waals surface area contributed by atoms with Gasteiger partial charge < -0.3 is 5.32 Å². The van der Waals surface area contributed by atoms with Gasteiger partial charge in [0.25, 0.3) is 0 Å². The van der Waals surface area contributed by atoms with Gasteiger partial charge in [0, 0.05) is 0 Å². The Morgan fingerprint density at radius 3 is 2.35 bits per heavy atom. The molecule has 1 aromatic carbocycles. The summed E-state index contributed by atoms with van der Waals surface area (Å²) in [4.78, 5) is 12.2. The molecule has 0 unspecified atom stereocenters. The number of hydrogen-bond acceptors (Lipinski definition) is 4. The molecular weight excluding hydrogens is 290 g/mol. The number of nitrogens with one attached hydrogen (secondary N) is 1. The SMILES string of the molecule is CC(C)[C@@H](NC(=O)Cn1cnnn1)c1ccc(C(C)(C)C)cc1. The van der Waals surface area contributed by atoms with Crippen molar-refractivity contribution in [2.45, 2.75) is 52.6 Å². The molecule has 1 heterocycles. The van der Waals surface area contributed by atoms with Gasteiger partial charge in [-0.25, -0.2) is 4.68 Å². The number of amides is 1. The quantitative estimate of drug-likeness (QED) is 0.920. The maximum Gasteiger partial charge on any atom is 0.242 e. The fourth-order valence-corrected chi connectivity index (χ4v) is 2.44. The summed E-state index contributed by atoms with van der Waals surface area (Å²) in [5.74, 6) is 0.184. The zero-order valence-electron chi connectivity index (χ0n) is 14.4. The summed E-state index contributed by atoms with van der Waals surface area (Å²) in [5, 5.41) is 13.9. The van der Waals surface area contributed by atoms with Crippen LogP contribution >= 0.6 is 0 Å². The number of rotatable bonds is 5. The summed E-state index contributed by atoms with van der Waals surface area (Å²) in [5.41, 5.74) is 2.51. The topological polar surface area (TPSA) is 72.7 Å². The molecule has 1 atom stereocenters. The predicted molar refractivity (Wildman–Crippen MR) is 88.7 cm³/mol. The minimum atomic E-state index is -0.101. The maximum atomic E-state index is 12.2. The van der Waals surface area contributed by atoms with Crippen LogP contribution in [0.1, 0.15) is 51.8 Å². The average molecular weight is 315 g/mol. The molecule has 0 spiro atoms. The molecule has 2 aromatic rings. The first-order valence-electron chi connectivity index (χ1n) is 7.88. The summed E-state index contributed by atoms with van der Waals surface area (Å²) in [6.45, 7) is 10.9. The van der Waals surface area contributed by atoms with Gasteiger partial charge in [-0.3, -0.25) is 4.79 Å². The maximum absolute atomic E-state index is 12.2. The van der Waals surface area contributed by atoms with Gasteiger partial charge in [-0.2, -0.15) is 0 Å². The molecule has 6 nitrogen and oxygen atoms in total. The fraction of sp³-hybridized carbons (Fsp3) is 0.529. The van der Waals surface area contributed by atoms with Crippen molar-refractivity contribution >= 4 is 5.91 Å². The zero-order valence-corrected chi connectivity index (χ0v) is 14.4. The Morgan fingerprint density at radius 2 is 1.87 bits per heavy atom. The van der Waals surface area contributed by atoms with E-state index in [9.17, 15) is 4.79 Å². The van der Waals surface area contributed by atoms with Crippen LogP contribution in [0.2, 0.25) is 0 Å². The summed E-state index contributed by atoms with van der Waals surface area (Å²) in [6.07, 6.45) is 1.43. The molecule has 23 heavy (non-hydrogen) atoms. The number of nitrogens with zero attached hydrogens (tertiary/aromatic N) is 4. The van der Waals surface area contributed by atoms with Gasteiger partial charge in [0.2, 0.25) is 5.91 Å². The second-order valence-corrected chi connectivity index (χ2v) is 7.17. The van der Waals surface area contributed by atoms with E-state index in [4.69, 9.17) is 0 Å². The second kappa shape index (κ2) is 6.89. The molecular formula is C17H25N5O. The minimum Gasteiger partial charge on any atom is -0.347 e. The van der Waals surface area contributed by atoms with E-state index >= 15 is 0 Å². The molecule has 0 saturated heterocycles. The Hall–Kier alpha value is -2.24. The number of tetrazole rings is 1. The summed E-state index contributed by atoms with van der Waals surface area (Å²) >= 11 is 0. The van der Waals surface area contributed by atoms with E-state index in [0.717, 1.165) is 5.56 Å². The van der Waals surface area contributed by atoms with Gasteiger partial charge in [-0.05, 0) is 32.9 Å². The lowest BCUT2D eigenvalue weighted by molar-refractivity contribution is -0.123. The Balaban J connectivity index is 2.10. The highest BCUT2D eigenvalue weighted by molar-refractivity contribution is 5.76. The van der Waals surface area contributed by atoms with Crippen LogP contribution in [0.25, 0.3) is 0 Å². The van der Waals surface area contributed by atoms with Crippen molar-refractivity contribution in [1.29, 1.82) is 0 Å². The third-order valence-corrected chi connectivity index (χ3v) is 3.82. The average Bonchev–Trinajstić information content (AvgIpc) is 2.96. The Bertz CT molecular complexity index is 626. The summed E-state index contributed by atoms with van der Waals surface area (Å²) < 4.78 is 1.41. The standard InChI is InChI=1S/C17H25N5O/c1-12(2)16(19-15(23)10-22-11-18-20-21-22)13-6-8-14(9-7-13)17(3,4)5/h6-9,11-12,16H,10H2,1-5H3,(H,19,23)/t16-/m1/s1. The van der Waals surface area contributed by atoms with Crippen molar-refractivity contribution in [3.63, 3.8) is 0 Å². The third-order valence-electron chi connectivity index (χ3n) is 3.82. The molecule has 1 amide bonds. The van der Waals surface area contributed by atoms with Crippen LogP contribution in [0.3, 0.4) is 0 Å². The van der Waals surface area contributed by atoms with E-state index in [1.165, 1.54) is 16.6 Å². The lowest BCUT2D eigenvalue weighted by Crippen LogP contribution is -2.34. The third kappa shape index (κ3) is 4.61. The van der Waals surface area contributed by atoms with Crippen LogP contribution in [0.4, 0.5) is 0 Å². The van der Waals surface area contributed by atoms with Gasteiger partial charge in [-0.1, -0.05) is 58.9 Å². The van der Waals surface area contributed by atoms with E-state index in [2.05, 4.69) is 79.7 Å². The van der Waals surface area contributed by atoms with E-state index in [0.29, 0.717) is 0 Å². The molecule has 0 fully saturated rings. The Morgan fingerprint density at radius 1 is 1.22 bits per heavy atom. The van der Waals surface area contributed by atoms with Crippen LogP contribution in [-0.4, -0.2) is 26.1 Å². The van der Waals surface area contributed by atoms with Crippen LogP contribution < -0.4 is 5.32 Å². The number of aromatic nitrogens is 4.